The fourth-order valence-electron chi connectivity index (χ4n) is 0.965. The van der Waals surface area contributed by atoms with Crippen molar-refractivity contribution >= 4 is 6.41 Å². The number of amides is 1. The van der Waals surface area contributed by atoms with Crippen LogP contribution in [-0.4, -0.2) is 29.8 Å². The van der Waals surface area contributed by atoms with Gasteiger partial charge in [-0.2, -0.15) is 0 Å². The molecule has 1 unspecified atom stereocenters. The largest absolute Gasteiger partial charge is 0.295 e. The van der Waals surface area contributed by atoms with Crippen molar-refractivity contribution in [2.75, 3.05) is 6.54 Å². The second-order valence-electron chi connectivity index (χ2n) is 3.93. The lowest BCUT2D eigenvalue weighted by Crippen LogP contribution is -2.55. The highest BCUT2D eigenvalue weighted by atomic mass is 16.7. The first-order valence-corrected chi connectivity index (χ1v) is 4.19. The number of hydroxylamine groups is 2. The lowest BCUT2D eigenvalue weighted by Gasteiger charge is -2.38. The molecule has 1 rings (SSSR count). The van der Waals surface area contributed by atoms with Gasteiger partial charge in [-0.15, -0.1) is 0 Å². The van der Waals surface area contributed by atoms with Crippen LogP contribution < -0.4 is 5.32 Å². The molecule has 1 atom stereocenters. The average molecular weight is 172 g/mol. The molecular formula is C8H16N2O2. The molecule has 1 aliphatic rings. The smallest absolute Gasteiger partial charge is 0.234 e. The Bertz CT molecular complexity index is 161. The lowest BCUT2D eigenvalue weighted by atomic mass is 10.2. The number of hydrogen-bond acceptors (Lipinski definition) is 3. The molecule has 0 radical (unpaired) electrons. The van der Waals surface area contributed by atoms with Crippen LogP contribution in [0, 0.1) is 0 Å². The van der Waals surface area contributed by atoms with Crippen molar-refractivity contribution in [1.82, 2.24) is 10.4 Å². The highest BCUT2D eigenvalue weighted by Gasteiger charge is 2.27. The molecule has 0 aliphatic carbocycles. The first kappa shape index (κ1) is 9.48. The Morgan fingerprint density at radius 1 is 1.58 bits per heavy atom. The standard InChI is InChI=1S/C8H16N2O2/c1-8(2,3)12-10(6-11)7-4-5-9-7/h6-7,9H,4-5H2,1-3H3. The van der Waals surface area contributed by atoms with Gasteiger partial charge in [0.15, 0.2) is 0 Å². The van der Waals surface area contributed by atoms with Crippen LogP contribution in [0.1, 0.15) is 27.2 Å². The number of nitrogens with zero attached hydrogens (tertiary/aromatic N) is 1. The molecule has 0 spiro atoms. The lowest BCUT2D eigenvalue weighted by molar-refractivity contribution is -0.244. The SMILES string of the molecule is CC(C)(C)ON(C=O)C1CCN1. The van der Waals surface area contributed by atoms with Gasteiger partial charge in [0.1, 0.15) is 6.17 Å². The maximum absolute atomic E-state index is 10.6. The summed E-state index contributed by atoms with van der Waals surface area (Å²) in [6.07, 6.45) is 1.76. The molecule has 1 heterocycles. The average Bonchev–Trinajstić information content (AvgIpc) is 1.79. The summed E-state index contributed by atoms with van der Waals surface area (Å²) in [5, 5.41) is 4.44. The van der Waals surface area contributed by atoms with Crippen LogP contribution in [0.3, 0.4) is 0 Å². The molecule has 1 aliphatic heterocycles. The van der Waals surface area contributed by atoms with Gasteiger partial charge in [-0.3, -0.25) is 14.9 Å². The maximum atomic E-state index is 10.6. The molecule has 0 aromatic rings. The summed E-state index contributed by atoms with van der Waals surface area (Å²) in [7, 11) is 0. The van der Waals surface area contributed by atoms with Gasteiger partial charge < -0.3 is 0 Å². The zero-order valence-corrected chi connectivity index (χ0v) is 7.83. The highest BCUT2D eigenvalue weighted by molar-refractivity contribution is 5.46. The molecule has 4 nitrogen and oxygen atoms in total. The Morgan fingerprint density at radius 3 is 2.42 bits per heavy atom. The predicted molar refractivity (Wildman–Crippen MR) is 45.1 cm³/mol. The van der Waals surface area contributed by atoms with E-state index < -0.39 is 0 Å². The minimum absolute atomic E-state index is 0.0710. The van der Waals surface area contributed by atoms with Crippen LogP contribution in [0.4, 0.5) is 0 Å². The van der Waals surface area contributed by atoms with E-state index in [1.165, 1.54) is 5.06 Å². The normalized spacial score (nSPS) is 23.1. The molecule has 0 saturated carbocycles. The van der Waals surface area contributed by atoms with Crippen LogP contribution >= 0.6 is 0 Å². The van der Waals surface area contributed by atoms with Crippen molar-refractivity contribution in [3.63, 3.8) is 0 Å². The van der Waals surface area contributed by atoms with E-state index in [0.717, 1.165) is 19.4 Å². The Morgan fingerprint density at radius 2 is 2.17 bits per heavy atom. The molecule has 0 aromatic heterocycles. The zero-order valence-electron chi connectivity index (χ0n) is 7.83. The Hall–Kier alpha value is -0.610. The molecular weight excluding hydrogens is 156 g/mol. The fourth-order valence-corrected chi connectivity index (χ4v) is 0.965. The van der Waals surface area contributed by atoms with Gasteiger partial charge in [-0.1, -0.05) is 0 Å². The Kier molecular flexibility index (Phi) is 2.69. The van der Waals surface area contributed by atoms with Crippen LogP contribution in [0.2, 0.25) is 0 Å². The molecule has 1 amide bonds. The minimum Gasteiger partial charge on any atom is -0.295 e. The molecule has 0 aromatic carbocycles. The van der Waals surface area contributed by atoms with Gasteiger partial charge in [-0.05, 0) is 27.2 Å². The topological polar surface area (TPSA) is 41.6 Å². The molecule has 0 bridgehead atoms. The van der Waals surface area contributed by atoms with Crippen molar-refractivity contribution < 1.29 is 9.63 Å². The summed E-state index contributed by atoms with van der Waals surface area (Å²) in [5.74, 6) is 0. The van der Waals surface area contributed by atoms with Crippen molar-refractivity contribution in [3.05, 3.63) is 0 Å². The first-order valence-electron chi connectivity index (χ1n) is 4.19. The molecule has 12 heavy (non-hydrogen) atoms. The zero-order chi connectivity index (χ0) is 9.19. The van der Waals surface area contributed by atoms with Crippen molar-refractivity contribution in [1.29, 1.82) is 0 Å². The van der Waals surface area contributed by atoms with Crippen LogP contribution in [0.15, 0.2) is 0 Å². The van der Waals surface area contributed by atoms with Gasteiger partial charge in [0.25, 0.3) is 0 Å². The maximum Gasteiger partial charge on any atom is 0.234 e. The number of carbonyl (C=O) groups excluding carboxylic acids is 1. The summed E-state index contributed by atoms with van der Waals surface area (Å²) in [4.78, 5) is 16.0. The number of hydrogen-bond donors (Lipinski definition) is 1. The molecule has 1 N–H and O–H groups in total. The van der Waals surface area contributed by atoms with E-state index in [0.29, 0.717) is 0 Å². The van der Waals surface area contributed by atoms with E-state index in [9.17, 15) is 4.79 Å². The van der Waals surface area contributed by atoms with E-state index in [4.69, 9.17) is 4.84 Å². The number of nitrogens with one attached hydrogen (secondary N) is 1. The van der Waals surface area contributed by atoms with Gasteiger partial charge in [0.05, 0.1) is 5.60 Å². The van der Waals surface area contributed by atoms with Gasteiger partial charge in [0, 0.05) is 6.54 Å². The minimum atomic E-state index is -0.307. The summed E-state index contributed by atoms with van der Waals surface area (Å²) in [6, 6.07) is 0. The van der Waals surface area contributed by atoms with Crippen molar-refractivity contribution in [3.8, 4) is 0 Å². The molecule has 70 valence electrons. The third kappa shape index (κ3) is 2.46. The Balaban J connectivity index is 2.39. The van der Waals surface area contributed by atoms with E-state index in [1.54, 1.807) is 0 Å². The summed E-state index contributed by atoms with van der Waals surface area (Å²) >= 11 is 0. The molecule has 1 saturated heterocycles. The quantitative estimate of drug-likeness (QED) is 0.497. The second kappa shape index (κ2) is 3.41. The monoisotopic (exact) mass is 172 g/mol. The van der Waals surface area contributed by atoms with E-state index in [-0.39, 0.29) is 11.8 Å². The summed E-state index contributed by atoms with van der Waals surface area (Å²) < 4.78 is 0. The molecule has 4 heteroatoms. The van der Waals surface area contributed by atoms with E-state index in [2.05, 4.69) is 5.32 Å². The fraction of sp³-hybridized carbons (Fsp3) is 0.875. The number of rotatable bonds is 3. The summed E-state index contributed by atoms with van der Waals surface area (Å²) in [5.41, 5.74) is -0.307. The third-order valence-electron chi connectivity index (χ3n) is 1.59. The first-order chi connectivity index (χ1) is 5.53. The van der Waals surface area contributed by atoms with E-state index in [1.807, 2.05) is 20.8 Å². The van der Waals surface area contributed by atoms with Crippen LogP contribution in [0.25, 0.3) is 0 Å². The van der Waals surface area contributed by atoms with Gasteiger partial charge >= 0.3 is 0 Å². The highest BCUT2D eigenvalue weighted by Crippen LogP contribution is 2.14. The van der Waals surface area contributed by atoms with Crippen molar-refractivity contribution in [2.24, 2.45) is 0 Å². The predicted octanol–water partition coefficient (Wildman–Crippen LogP) is 0.494. The Labute approximate surface area is 72.8 Å². The van der Waals surface area contributed by atoms with Gasteiger partial charge in [-0.25, -0.2) is 5.06 Å². The number of carbonyl (C=O) groups is 1. The summed E-state index contributed by atoms with van der Waals surface area (Å²) in [6.45, 7) is 6.72. The van der Waals surface area contributed by atoms with Crippen LogP contribution in [-0.2, 0) is 9.63 Å². The van der Waals surface area contributed by atoms with Gasteiger partial charge in [0.2, 0.25) is 6.41 Å². The van der Waals surface area contributed by atoms with E-state index >= 15 is 0 Å². The second-order valence-corrected chi connectivity index (χ2v) is 3.93. The molecule has 1 fully saturated rings. The van der Waals surface area contributed by atoms with Crippen LogP contribution in [0.5, 0.6) is 0 Å². The third-order valence-corrected chi connectivity index (χ3v) is 1.59. The van der Waals surface area contributed by atoms with Crippen molar-refractivity contribution in [2.45, 2.75) is 39.0 Å².